The second-order valence-corrected chi connectivity index (χ2v) is 12.0. The van der Waals surface area contributed by atoms with Gasteiger partial charge in [-0.1, -0.05) is 43.4 Å². The molecule has 4 nitrogen and oxygen atoms in total. The summed E-state index contributed by atoms with van der Waals surface area (Å²) >= 11 is 2.29. The third kappa shape index (κ3) is 10.5. The van der Waals surface area contributed by atoms with E-state index in [0.29, 0.717) is 39.6 Å². The molecule has 0 amide bonds. The minimum Gasteiger partial charge on any atom is -0.414 e. The van der Waals surface area contributed by atoms with Gasteiger partial charge in [0.15, 0.2) is 8.32 Å². The molecule has 6 heteroatoms. The summed E-state index contributed by atoms with van der Waals surface area (Å²) in [4.78, 5) is 0. The summed E-state index contributed by atoms with van der Waals surface area (Å²) in [5, 5.41) is 0.258. The molecule has 0 spiro atoms. The first-order valence-electron chi connectivity index (χ1n) is 7.24. The maximum Gasteiger partial charge on any atom is 0.192 e. The lowest BCUT2D eigenvalue weighted by Gasteiger charge is -2.36. The lowest BCUT2D eigenvalue weighted by atomic mass is 10.2. The maximum absolute atomic E-state index is 6.02. The Morgan fingerprint density at radius 2 is 1.15 bits per heavy atom. The topological polar surface area (TPSA) is 36.9 Å². The zero-order chi connectivity index (χ0) is 15.5. The molecule has 0 aromatic rings. The van der Waals surface area contributed by atoms with Crippen molar-refractivity contribution in [1.29, 1.82) is 0 Å². The summed E-state index contributed by atoms with van der Waals surface area (Å²) in [5.41, 5.74) is 0. The van der Waals surface area contributed by atoms with E-state index in [1.165, 1.54) is 0 Å². The van der Waals surface area contributed by atoms with Crippen molar-refractivity contribution >= 4 is 30.9 Å². The number of halogens is 1. The maximum atomic E-state index is 6.02. The van der Waals surface area contributed by atoms with Crippen LogP contribution in [0.15, 0.2) is 0 Å². The van der Waals surface area contributed by atoms with Gasteiger partial charge in [0.05, 0.1) is 46.2 Å². The molecule has 0 radical (unpaired) electrons. The van der Waals surface area contributed by atoms with Crippen molar-refractivity contribution < 1.29 is 18.6 Å². The summed E-state index contributed by atoms with van der Waals surface area (Å²) < 4.78 is 23.2. The van der Waals surface area contributed by atoms with Gasteiger partial charge in [0, 0.05) is 4.43 Å². The van der Waals surface area contributed by atoms with Crippen molar-refractivity contribution in [2.75, 3.05) is 50.7 Å². The number of hydrogen-bond acceptors (Lipinski definition) is 4. The molecule has 0 aliphatic carbocycles. The van der Waals surface area contributed by atoms with E-state index in [-0.39, 0.29) is 5.04 Å². The Kier molecular flexibility index (Phi) is 11.8. The standard InChI is InChI=1S/C14H31IO4Si/c1-14(2,3)20(4,5)19-13-12-18-11-10-17-9-8-16-7-6-15/h6-13H2,1-5H3. The fourth-order valence-corrected chi connectivity index (χ4v) is 2.51. The minimum atomic E-state index is -1.63. The quantitative estimate of drug-likeness (QED) is 0.210. The van der Waals surface area contributed by atoms with Crippen LogP contribution in [-0.4, -0.2) is 59.0 Å². The van der Waals surface area contributed by atoms with Crippen LogP contribution in [0, 0.1) is 0 Å². The SMILES string of the molecule is CC(C)(C)[Si](C)(C)OCCOCCOCCOCCI. The van der Waals surface area contributed by atoms with Gasteiger partial charge in [0.25, 0.3) is 0 Å². The van der Waals surface area contributed by atoms with E-state index in [0.717, 1.165) is 11.0 Å². The molecule has 0 bridgehead atoms. The highest BCUT2D eigenvalue weighted by Crippen LogP contribution is 2.36. The third-order valence-corrected chi connectivity index (χ3v) is 8.44. The molecule has 0 aliphatic heterocycles. The van der Waals surface area contributed by atoms with E-state index in [1.54, 1.807) is 0 Å². The molecule has 0 saturated carbocycles. The molecule has 0 heterocycles. The first-order valence-corrected chi connectivity index (χ1v) is 11.7. The molecule has 20 heavy (non-hydrogen) atoms. The number of rotatable bonds is 12. The fraction of sp³-hybridized carbons (Fsp3) is 1.00. The lowest BCUT2D eigenvalue weighted by molar-refractivity contribution is 0.0111. The van der Waals surface area contributed by atoms with E-state index in [2.05, 4.69) is 56.5 Å². The monoisotopic (exact) mass is 418 g/mol. The highest BCUT2D eigenvalue weighted by molar-refractivity contribution is 14.1. The summed E-state index contributed by atoms with van der Waals surface area (Å²) in [7, 11) is -1.63. The first kappa shape index (κ1) is 20.8. The fourth-order valence-electron chi connectivity index (χ4n) is 1.17. The van der Waals surface area contributed by atoms with Gasteiger partial charge in [-0.15, -0.1) is 0 Å². The predicted molar refractivity (Wildman–Crippen MR) is 94.5 cm³/mol. The zero-order valence-corrected chi connectivity index (χ0v) is 16.8. The molecule has 0 saturated heterocycles. The Morgan fingerprint density at radius 1 is 0.750 bits per heavy atom. The molecule has 122 valence electrons. The molecule has 0 rings (SSSR count). The lowest BCUT2D eigenvalue weighted by Crippen LogP contribution is -2.41. The van der Waals surface area contributed by atoms with Crippen LogP contribution in [0.5, 0.6) is 0 Å². The van der Waals surface area contributed by atoms with E-state index in [1.807, 2.05) is 0 Å². The average molecular weight is 418 g/mol. The summed E-state index contributed by atoms with van der Waals surface area (Å²) in [6.45, 7) is 15.9. The van der Waals surface area contributed by atoms with Crippen LogP contribution < -0.4 is 0 Å². The van der Waals surface area contributed by atoms with Crippen LogP contribution in [0.3, 0.4) is 0 Å². The summed E-state index contributed by atoms with van der Waals surface area (Å²) in [5.74, 6) is 0. The van der Waals surface area contributed by atoms with Gasteiger partial charge < -0.3 is 18.6 Å². The van der Waals surface area contributed by atoms with Crippen LogP contribution in [-0.2, 0) is 18.6 Å². The van der Waals surface area contributed by atoms with E-state index >= 15 is 0 Å². The Bertz CT molecular complexity index is 232. The van der Waals surface area contributed by atoms with Gasteiger partial charge in [0.1, 0.15) is 0 Å². The van der Waals surface area contributed by atoms with Crippen molar-refractivity contribution in [2.45, 2.75) is 38.9 Å². The Morgan fingerprint density at radius 3 is 1.55 bits per heavy atom. The van der Waals surface area contributed by atoms with Crippen LogP contribution in [0.2, 0.25) is 18.1 Å². The van der Waals surface area contributed by atoms with E-state index in [4.69, 9.17) is 18.6 Å². The number of alkyl halides is 1. The highest BCUT2D eigenvalue weighted by Gasteiger charge is 2.36. The van der Waals surface area contributed by atoms with E-state index in [9.17, 15) is 0 Å². The van der Waals surface area contributed by atoms with Crippen LogP contribution in [0.25, 0.3) is 0 Å². The second-order valence-electron chi connectivity index (χ2n) is 6.13. The molecule has 0 aromatic carbocycles. The van der Waals surface area contributed by atoms with Crippen molar-refractivity contribution in [2.24, 2.45) is 0 Å². The van der Waals surface area contributed by atoms with Crippen LogP contribution in [0.4, 0.5) is 0 Å². The minimum absolute atomic E-state index is 0.258. The molecule has 0 aliphatic rings. The smallest absolute Gasteiger partial charge is 0.192 e. The largest absolute Gasteiger partial charge is 0.414 e. The summed E-state index contributed by atoms with van der Waals surface area (Å²) in [6, 6.07) is 0. The average Bonchev–Trinajstić information content (AvgIpc) is 2.34. The Labute approximate surface area is 139 Å². The van der Waals surface area contributed by atoms with E-state index < -0.39 is 8.32 Å². The molecule has 0 unspecified atom stereocenters. The summed E-state index contributed by atoms with van der Waals surface area (Å²) in [6.07, 6.45) is 0. The molecule has 0 aromatic heterocycles. The van der Waals surface area contributed by atoms with Gasteiger partial charge in [-0.25, -0.2) is 0 Å². The Hall–Kier alpha value is 0.787. The van der Waals surface area contributed by atoms with Crippen LogP contribution >= 0.6 is 22.6 Å². The van der Waals surface area contributed by atoms with Crippen molar-refractivity contribution in [3.05, 3.63) is 0 Å². The van der Waals surface area contributed by atoms with Gasteiger partial charge >= 0.3 is 0 Å². The molecule has 0 fully saturated rings. The Balaban J connectivity index is 3.33. The van der Waals surface area contributed by atoms with Crippen molar-refractivity contribution in [1.82, 2.24) is 0 Å². The van der Waals surface area contributed by atoms with Crippen LogP contribution in [0.1, 0.15) is 20.8 Å². The molecular weight excluding hydrogens is 387 g/mol. The molecule has 0 atom stereocenters. The first-order chi connectivity index (χ1) is 9.31. The zero-order valence-electron chi connectivity index (χ0n) is 13.7. The van der Waals surface area contributed by atoms with Gasteiger partial charge in [0.2, 0.25) is 0 Å². The van der Waals surface area contributed by atoms with Crippen molar-refractivity contribution in [3.8, 4) is 0 Å². The van der Waals surface area contributed by atoms with Gasteiger partial charge in [-0.05, 0) is 18.1 Å². The third-order valence-electron chi connectivity index (χ3n) is 3.46. The molecular formula is C14H31IO4Si. The van der Waals surface area contributed by atoms with Gasteiger partial charge in [-0.2, -0.15) is 0 Å². The predicted octanol–water partition coefficient (Wildman–Crippen LogP) is 3.49. The highest BCUT2D eigenvalue weighted by atomic mass is 127. The second kappa shape index (κ2) is 11.4. The number of ether oxygens (including phenoxy) is 3. The number of hydrogen-bond donors (Lipinski definition) is 0. The normalized spacial score (nSPS) is 12.9. The van der Waals surface area contributed by atoms with Gasteiger partial charge in [-0.3, -0.25) is 0 Å². The molecule has 0 N–H and O–H groups in total. The van der Waals surface area contributed by atoms with Crippen molar-refractivity contribution in [3.63, 3.8) is 0 Å².